The number of rotatable bonds is 6. The number of hydrogen-bond donors (Lipinski definition) is 1. The Kier molecular flexibility index (Phi) is 4.09. The van der Waals surface area contributed by atoms with Crippen LogP contribution in [0.25, 0.3) is 10.8 Å². The number of fused-ring (bicyclic) bond motifs is 1. The molecule has 0 radical (unpaired) electrons. The number of amides is 1. The zero-order valence-corrected chi connectivity index (χ0v) is 13.9. The molecular formula is C21H23NO2. The van der Waals surface area contributed by atoms with Gasteiger partial charge in [0.25, 0.3) is 0 Å². The molecule has 124 valence electrons. The number of ketones is 1. The average Bonchev–Trinajstić information content (AvgIpc) is 3.37. The Morgan fingerprint density at radius 3 is 2.50 bits per heavy atom. The molecule has 2 fully saturated rings. The van der Waals surface area contributed by atoms with Crippen molar-refractivity contribution in [2.24, 2.45) is 11.8 Å². The van der Waals surface area contributed by atoms with Crippen molar-refractivity contribution < 1.29 is 9.59 Å². The molecule has 24 heavy (non-hydrogen) atoms. The molecule has 3 nitrogen and oxygen atoms in total. The van der Waals surface area contributed by atoms with Crippen molar-refractivity contribution in [2.75, 3.05) is 6.54 Å². The first kappa shape index (κ1) is 15.4. The summed E-state index contributed by atoms with van der Waals surface area (Å²) < 4.78 is 0. The first-order valence-electron chi connectivity index (χ1n) is 9.06. The highest BCUT2D eigenvalue weighted by atomic mass is 16.2. The molecule has 0 bridgehead atoms. The van der Waals surface area contributed by atoms with E-state index >= 15 is 0 Å². The molecule has 0 aliphatic heterocycles. The van der Waals surface area contributed by atoms with Crippen LogP contribution in [-0.4, -0.2) is 18.2 Å². The van der Waals surface area contributed by atoms with Gasteiger partial charge < -0.3 is 5.32 Å². The minimum Gasteiger partial charge on any atom is -0.356 e. The fraction of sp³-hybridized carbons (Fsp3) is 0.429. The summed E-state index contributed by atoms with van der Waals surface area (Å²) in [6, 6.07) is 12.3. The number of nitrogens with one attached hydrogen (secondary N) is 1. The zero-order valence-electron chi connectivity index (χ0n) is 13.9. The van der Waals surface area contributed by atoms with Crippen LogP contribution in [0.5, 0.6) is 0 Å². The van der Waals surface area contributed by atoms with Gasteiger partial charge in [0, 0.05) is 23.9 Å². The van der Waals surface area contributed by atoms with Crippen molar-refractivity contribution in [1.29, 1.82) is 0 Å². The number of benzene rings is 2. The number of hydrogen-bond acceptors (Lipinski definition) is 2. The third-order valence-electron chi connectivity index (χ3n) is 5.35. The van der Waals surface area contributed by atoms with Gasteiger partial charge >= 0.3 is 0 Å². The van der Waals surface area contributed by atoms with Crippen LogP contribution in [0.2, 0.25) is 0 Å². The van der Waals surface area contributed by atoms with Crippen LogP contribution in [0.1, 0.15) is 48.0 Å². The summed E-state index contributed by atoms with van der Waals surface area (Å²) in [7, 11) is 0. The Morgan fingerprint density at radius 1 is 1.00 bits per heavy atom. The van der Waals surface area contributed by atoms with Gasteiger partial charge in [0.1, 0.15) is 0 Å². The fourth-order valence-corrected chi connectivity index (χ4v) is 3.46. The van der Waals surface area contributed by atoms with Crippen molar-refractivity contribution in [3.8, 4) is 0 Å². The van der Waals surface area contributed by atoms with Gasteiger partial charge in [0.15, 0.2) is 5.78 Å². The van der Waals surface area contributed by atoms with Crippen LogP contribution < -0.4 is 5.32 Å². The maximum absolute atomic E-state index is 12.5. The molecule has 0 atom stereocenters. The largest absolute Gasteiger partial charge is 0.356 e. The number of carbonyl (C=O) groups is 2. The van der Waals surface area contributed by atoms with Gasteiger partial charge in [-0.15, -0.1) is 0 Å². The van der Waals surface area contributed by atoms with Gasteiger partial charge in [0.05, 0.1) is 0 Å². The molecule has 0 spiro atoms. The zero-order chi connectivity index (χ0) is 16.5. The van der Waals surface area contributed by atoms with Gasteiger partial charge in [-0.05, 0) is 60.6 Å². The van der Waals surface area contributed by atoms with Gasteiger partial charge in [0.2, 0.25) is 5.91 Å². The lowest BCUT2D eigenvalue weighted by Crippen LogP contribution is -2.35. The van der Waals surface area contributed by atoms with E-state index in [0.717, 1.165) is 48.6 Å². The first-order chi connectivity index (χ1) is 11.7. The minimum atomic E-state index is 0.191. The molecule has 1 amide bonds. The summed E-state index contributed by atoms with van der Waals surface area (Å²) in [4.78, 5) is 24.4. The second kappa shape index (κ2) is 6.39. The van der Waals surface area contributed by atoms with Crippen molar-refractivity contribution in [3.05, 3.63) is 47.5 Å². The van der Waals surface area contributed by atoms with E-state index in [-0.39, 0.29) is 23.5 Å². The van der Waals surface area contributed by atoms with Crippen LogP contribution in [-0.2, 0) is 11.2 Å². The standard InChI is InChI=1S/C21H23NO2/c23-20(14-8-9-14)18-12-16-4-1-2-7-19(16)17(13-18)10-11-22-21(24)15-5-3-6-15/h1-2,4,7,12-15H,3,5-6,8-11H2,(H,22,24). The quantitative estimate of drug-likeness (QED) is 0.820. The molecule has 3 heteroatoms. The predicted molar refractivity (Wildman–Crippen MR) is 95.1 cm³/mol. The molecule has 0 heterocycles. The molecule has 0 saturated heterocycles. The second-order valence-corrected chi connectivity index (χ2v) is 7.16. The van der Waals surface area contributed by atoms with Crippen LogP contribution in [0.4, 0.5) is 0 Å². The van der Waals surface area contributed by atoms with E-state index in [9.17, 15) is 9.59 Å². The molecular weight excluding hydrogens is 298 g/mol. The van der Waals surface area contributed by atoms with E-state index in [2.05, 4.69) is 17.4 Å². The van der Waals surface area contributed by atoms with E-state index < -0.39 is 0 Å². The van der Waals surface area contributed by atoms with Crippen molar-refractivity contribution in [1.82, 2.24) is 5.32 Å². The number of Topliss-reactive ketones (excluding diaryl/α,β-unsaturated/α-hetero) is 1. The summed E-state index contributed by atoms with van der Waals surface area (Å²) in [5.41, 5.74) is 1.99. The van der Waals surface area contributed by atoms with Gasteiger partial charge in [-0.2, -0.15) is 0 Å². The Balaban J connectivity index is 1.53. The smallest absolute Gasteiger partial charge is 0.223 e. The molecule has 2 aliphatic carbocycles. The van der Waals surface area contributed by atoms with Crippen LogP contribution in [0, 0.1) is 11.8 Å². The van der Waals surface area contributed by atoms with E-state index in [1.807, 2.05) is 24.3 Å². The topological polar surface area (TPSA) is 46.2 Å². The van der Waals surface area contributed by atoms with Crippen molar-refractivity contribution in [2.45, 2.75) is 38.5 Å². The lowest BCUT2D eigenvalue weighted by molar-refractivity contribution is -0.127. The van der Waals surface area contributed by atoms with Crippen LogP contribution in [0.15, 0.2) is 36.4 Å². The molecule has 0 aromatic heterocycles. The van der Waals surface area contributed by atoms with E-state index in [0.29, 0.717) is 6.54 Å². The maximum Gasteiger partial charge on any atom is 0.223 e. The van der Waals surface area contributed by atoms with Gasteiger partial charge in [-0.3, -0.25) is 9.59 Å². The number of carbonyl (C=O) groups excluding carboxylic acids is 2. The first-order valence-corrected chi connectivity index (χ1v) is 9.06. The van der Waals surface area contributed by atoms with E-state index in [1.54, 1.807) is 0 Å². The predicted octanol–water partition coefficient (Wildman–Crippen LogP) is 3.89. The highest BCUT2D eigenvalue weighted by Gasteiger charge is 2.30. The Morgan fingerprint density at radius 2 is 1.79 bits per heavy atom. The molecule has 4 rings (SSSR count). The Hall–Kier alpha value is -2.16. The average molecular weight is 321 g/mol. The van der Waals surface area contributed by atoms with Gasteiger partial charge in [-0.25, -0.2) is 0 Å². The van der Waals surface area contributed by atoms with Crippen molar-refractivity contribution >= 4 is 22.5 Å². The monoisotopic (exact) mass is 321 g/mol. The molecule has 0 unspecified atom stereocenters. The highest BCUT2D eigenvalue weighted by Crippen LogP contribution is 2.34. The lowest BCUT2D eigenvalue weighted by atomic mass is 9.85. The molecule has 2 aliphatic rings. The Labute approximate surface area is 142 Å². The third-order valence-corrected chi connectivity index (χ3v) is 5.35. The summed E-state index contributed by atoms with van der Waals surface area (Å²) in [5.74, 6) is 0.929. The molecule has 2 saturated carbocycles. The normalized spacial score (nSPS) is 17.5. The fourth-order valence-electron chi connectivity index (χ4n) is 3.46. The van der Waals surface area contributed by atoms with Crippen LogP contribution in [0.3, 0.4) is 0 Å². The van der Waals surface area contributed by atoms with Crippen molar-refractivity contribution in [3.63, 3.8) is 0 Å². The summed E-state index contributed by atoms with van der Waals surface area (Å²) in [6.45, 7) is 0.639. The highest BCUT2D eigenvalue weighted by molar-refractivity contribution is 6.03. The summed E-state index contributed by atoms with van der Waals surface area (Å²) in [6.07, 6.45) is 6.05. The minimum absolute atomic E-state index is 0.191. The molecule has 2 aromatic rings. The summed E-state index contributed by atoms with van der Waals surface area (Å²) >= 11 is 0. The molecule has 2 aromatic carbocycles. The van der Waals surface area contributed by atoms with E-state index in [1.165, 1.54) is 11.8 Å². The van der Waals surface area contributed by atoms with Crippen LogP contribution >= 0.6 is 0 Å². The summed E-state index contributed by atoms with van der Waals surface area (Å²) in [5, 5.41) is 5.36. The lowest BCUT2D eigenvalue weighted by Gasteiger charge is -2.24. The van der Waals surface area contributed by atoms with Gasteiger partial charge in [-0.1, -0.05) is 30.7 Å². The molecule has 1 N–H and O–H groups in total. The third kappa shape index (κ3) is 3.08. The van der Waals surface area contributed by atoms with E-state index in [4.69, 9.17) is 0 Å². The maximum atomic E-state index is 12.5. The SMILES string of the molecule is O=C(NCCc1cc(C(=O)C2CC2)cc2ccccc12)C1CCC1. The second-order valence-electron chi connectivity index (χ2n) is 7.16. The Bertz CT molecular complexity index is 788.